The van der Waals surface area contributed by atoms with Crippen molar-refractivity contribution in [1.29, 1.82) is 0 Å². The lowest BCUT2D eigenvalue weighted by Crippen LogP contribution is -2.31. The van der Waals surface area contributed by atoms with Crippen LogP contribution in [-0.2, 0) is 0 Å². The lowest BCUT2D eigenvalue weighted by Gasteiger charge is -2.30. The zero-order valence-corrected chi connectivity index (χ0v) is 11.5. The molecule has 2 rings (SSSR count). The van der Waals surface area contributed by atoms with E-state index in [4.69, 9.17) is 4.74 Å². The van der Waals surface area contributed by atoms with Crippen molar-refractivity contribution in [1.82, 2.24) is 4.90 Å². The molecule has 1 aromatic carbocycles. The summed E-state index contributed by atoms with van der Waals surface area (Å²) >= 11 is 0. The zero-order chi connectivity index (χ0) is 13.1. The Hall–Kier alpha value is -1.22. The van der Waals surface area contributed by atoms with Crippen molar-refractivity contribution in [2.75, 3.05) is 13.7 Å². The quantitative estimate of drug-likeness (QED) is 0.888. The predicted molar refractivity (Wildman–Crippen MR) is 73.1 cm³/mol. The lowest BCUT2D eigenvalue weighted by atomic mass is 10.0. The monoisotopic (exact) mass is 249 g/mol. The number of nitrogens with zero attached hydrogens (tertiary/aromatic N) is 1. The Balaban J connectivity index is 2.20. The number of methoxy groups -OCH3 is 1. The third-order valence-electron chi connectivity index (χ3n) is 4.08. The average molecular weight is 249 g/mol. The fraction of sp³-hybridized carbons (Fsp3) is 0.600. The third kappa shape index (κ3) is 2.46. The molecule has 0 amide bonds. The van der Waals surface area contributed by atoms with Gasteiger partial charge in [-0.3, -0.25) is 4.90 Å². The lowest BCUT2D eigenvalue weighted by molar-refractivity contribution is 0.188. The van der Waals surface area contributed by atoms with Crippen molar-refractivity contribution >= 4 is 0 Å². The van der Waals surface area contributed by atoms with Crippen LogP contribution in [0.3, 0.4) is 0 Å². The van der Waals surface area contributed by atoms with E-state index in [1.54, 1.807) is 13.2 Å². The number of benzene rings is 1. The molecular formula is C15H23NO2. The Bertz CT molecular complexity index is 405. The van der Waals surface area contributed by atoms with Crippen molar-refractivity contribution in [2.24, 2.45) is 0 Å². The molecule has 0 aliphatic carbocycles. The first kappa shape index (κ1) is 13.2. The minimum absolute atomic E-state index is 0.210. The second-order valence-electron chi connectivity index (χ2n) is 5.05. The van der Waals surface area contributed by atoms with Crippen molar-refractivity contribution in [3.8, 4) is 11.5 Å². The SMILES string of the molecule is CCC1CCCN1C(C)c1ccc(O)c(OC)c1. The molecule has 1 aromatic rings. The highest BCUT2D eigenvalue weighted by Crippen LogP contribution is 2.34. The van der Waals surface area contributed by atoms with E-state index < -0.39 is 0 Å². The first-order valence-corrected chi connectivity index (χ1v) is 6.80. The molecule has 1 aliphatic heterocycles. The molecule has 2 atom stereocenters. The van der Waals surface area contributed by atoms with E-state index in [9.17, 15) is 5.11 Å². The summed E-state index contributed by atoms with van der Waals surface area (Å²) in [5.74, 6) is 0.772. The Morgan fingerprint density at radius 3 is 2.94 bits per heavy atom. The maximum Gasteiger partial charge on any atom is 0.160 e. The second kappa shape index (κ2) is 5.61. The van der Waals surface area contributed by atoms with Crippen molar-refractivity contribution in [3.63, 3.8) is 0 Å². The first-order valence-electron chi connectivity index (χ1n) is 6.80. The van der Waals surface area contributed by atoms with Crippen LogP contribution in [-0.4, -0.2) is 29.7 Å². The molecule has 0 aromatic heterocycles. The Morgan fingerprint density at radius 2 is 2.28 bits per heavy atom. The number of likely N-dealkylation sites (tertiary alicyclic amines) is 1. The van der Waals surface area contributed by atoms with Gasteiger partial charge in [0.2, 0.25) is 0 Å². The summed E-state index contributed by atoms with van der Waals surface area (Å²) in [6.45, 7) is 5.66. The van der Waals surface area contributed by atoms with Crippen LogP contribution < -0.4 is 4.74 Å². The topological polar surface area (TPSA) is 32.7 Å². The van der Waals surface area contributed by atoms with Gasteiger partial charge in [-0.1, -0.05) is 13.0 Å². The number of hydrogen-bond acceptors (Lipinski definition) is 3. The molecule has 3 nitrogen and oxygen atoms in total. The molecule has 0 bridgehead atoms. The fourth-order valence-corrected chi connectivity index (χ4v) is 2.95. The smallest absolute Gasteiger partial charge is 0.160 e. The summed E-state index contributed by atoms with van der Waals surface area (Å²) in [5.41, 5.74) is 1.21. The minimum atomic E-state index is 0.210. The fourth-order valence-electron chi connectivity index (χ4n) is 2.95. The van der Waals surface area contributed by atoms with Gasteiger partial charge in [0.1, 0.15) is 0 Å². The third-order valence-corrected chi connectivity index (χ3v) is 4.08. The van der Waals surface area contributed by atoms with Gasteiger partial charge in [-0.15, -0.1) is 0 Å². The van der Waals surface area contributed by atoms with Crippen LogP contribution in [0.1, 0.15) is 44.7 Å². The summed E-state index contributed by atoms with van der Waals surface area (Å²) in [4.78, 5) is 2.56. The van der Waals surface area contributed by atoms with Crippen LogP contribution in [0.4, 0.5) is 0 Å². The average Bonchev–Trinajstić information content (AvgIpc) is 2.86. The molecule has 1 fully saturated rings. The van der Waals surface area contributed by atoms with E-state index in [0.717, 1.165) is 0 Å². The Morgan fingerprint density at radius 1 is 1.50 bits per heavy atom. The summed E-state index contributed by atoms with van der Waals surface area (Å²) in [7, 11) is 1.59. The highest BCUT2D eigenvalue weighted by molar-refractivity contribution is 5.42. The van der Waals surface area contributed by atoms with Crippen LogP contribution in [0.2, 0.25) is 0 Å². The molecular weight excluding hydrogens is 226 g/mol. The van der Waals surface area contributed by atoms with Crippen molar-refractivity contribution in [3.05, 3.63) is 23.8 Å². The number of rotatable bonds is 4. The zero-order valence-electron chi connectivity index (χ0n) is 11.5. The molecule has 0 spiro atoms. The van der Waals surface area contributed by atoms with Gasteiger partial charge in [0.05, 0.1) is 7.11 Å². The number of aromatic hydroxyl groups is 1. The number of phenols is 1. The highest BCUT2D eigenvalue weighted by atomic mass is 16.5. The second-order valence-corrected chi connectivity index (χ2v) is 5.05. The molecule has 100 valence electrons. The van der Waals surface area contributed by atoms with Gasteiger partial charge in [0.15, 0.2) is 11.5 Å². The predicted octanol–water partition coefficient (Wildman–Crippen LogP) is 3.34. The van der Waals surface area contributed by atoms with Gasteiger partial charge in [0, 0.05) is 12.1 Å². The largest absolute Gasteiger partial charge is 0.504 e. The van der Waals surface area contributed by atoms with Gasteiger partial charge in [0.25, 0.3) is 0 Å². The van der Waals surface area contributed by atoms with Crippen LogP contribution in [0.25, 0.3) is 0 Å². The number of phenolic OH excluding ortho intramolecular Hbond substituents is 1. The van der Waals surface area contributed by atoms with Crippen molar-refractivity contribution in [2.45, 2.75) is 45.2 Å². The molecule has 3 heteroatoms. The van der Waals surface area contributed by atoms with Gasteiger partial charge in [-0.05, 0) is 50.4 Å². The Labute approximate surface area is 109 Å². The minimum Gasteiger partial charge on any atom is -0.504 e. The van der Waals surface area contributed by atoms with E-state index in [1.165, 1.54) is 31.4 Å². The molecule has 0 saturated carbocycles. The van der Waals surface area contributed by atoms with Crippen LogP contribution in [0.5, 0.6) is 11.5 Å². The maximum atomic E-state index is 9.64. The van der Waals surface area contributed by atoms with Gasteiger partial charge in [-0.25, -0.2) is 0 Å². The van der Waals surface area contributed by atoms with Crippen molar-refractivity contribution < 1.29 is 9.84 Å². The van der Waals surface area contributed by atoms with E-state index >= 15 is 0 Å². The molecule has 18 heavy (non-hydrogen) atoms. The Kier molecular flexibility index (Phi) is 4.12. The number of hydrogen-bond donors (Lipinski definition) is 1. The standard InChI is InChI=1S/C15H23NO2/c1-4-13-6-5-9-16(13)11(2)12-7-8-14(17)15(10-12)18-3/h7-8,10-11,13,17H,4-6,9H2,1-3H3. The maximum absolute atomic E-state index is 9.64. The van der Waals surface area contributed by atoms with Gasteiger partial charge < -0.3 is 9.84 Å². The highest BCUT2D eigenvalue weighted by Gasteiger charge is 2.28. The van der Waals surface area contributed by atoms with Gasteiger partial charge in [-0.2, -0.15) is 0 Å². The van der Waals surface area contributed by atoms with Crippen LogP contribution in [0, 0.1) is 0 Å². The first-order chi connectivity index (χ1) is 8.67. The summed E-state index contributed by atoms with van der Waals surface area (Å²) in [5, 5.41) is 9.64. The molecule has 1 aliphatic rings. The summed E-state index contributed by atoms with van der Waals surface area (Å²) in [6, 6.07) is 6.74. The molecule has 1 N–H and O–H groups in total. The molecule has 1 saturated heterocycles. The van der Waals surface area contributed by atoms with E-state index in [2.05, 4.69) is 18.7 Å². The van der Waals surface area contributed by atoms with E-state index in [1.807, 2.05) is 12.1 Å². The summed E-state index contributed by atoms with van der Waals surface area (Å²) < 4.78 is 5.18. The number of ether oxygens (including phenoxy) is 1. The van der Waals surface area contributed by atoms with Crippen LogP contribution >= 0.6 is 0 Å². The van der Waals surface area contributed by atoms with Crippen LogP contribution in [0.15, 0.2) is 18.2 Å². The summed E-state index contributed by atoms with van der Waals surface area (Å²) in [6.07, 6.45) is 3.80. The molecule has 1 heterocycles. The van der Waals surface area contributed by atoms with E-state index in [-0.39, 0.29) is 5.75 Å². The normalized spacial score (nSPS) is 22.1. The van der Waals surface area contributed by atoms with Gasteiger partial charge >= 0.3 is 0 Å². The molecule has 2 unspecified atom stereocenters. The molecule has 0 radical (unpaired) electrons. The van der Waals surface area contributed by atoms with E-state index in [0.29, 0.717) is 17.8 Å².